The summed E-state index contributed by atoms with van der Waals surface area (Å²) in [4.78, 5) is 0. The monoisotopic (exact) mass is 1150 g/mol. The van der Waals surface area contributed by atoms with Crippen LogP contribution in [0.3, 0.4) is 0 Å². The molecule has 0 spiro atoms. The highest BCUT2D eigenvalue weighted by atomic mass is 16.3. The first-order valence-corrected chi connectivity index (χ1v) is 34.2. The van der Waals surface area contributed by atoms with E-state index in [0.29, 0.717) is 0 Å². The molecule has 0 bridgehead atoms. The fourth-order valence-corrected chi connectivity index (χ4v) is 18.2. The van der Waals surface area contributed by atoms with Crippen molar-refractivity contribution in [1.29, 1.82) is 0 Å². The maximum atomic E-state index is 7.84. The zero-order valence-electron chi connectivity index (χ0n) is 63.4. The molecule has 0 saturated heterocycles. The predicted octanol–water partition coefficient (Wildman–Crippen LogP) is -45.6. The van der Waals surface area contributed by atoms with E-state index < -0.39 is 0 Å². The highest BCUT2D eigenvalue weighted by Crippen LogP contribution is 2.41. The molecule has 0 fully saturated rings. The van der Waals surface area contributed by atoms with Crippen molar-refractivity contribution < 1.29 is 8.83 Å². The number of benzene rings is 9. The van der Waals surface area contributed by atoms with Gasteiger partial charge in [-0.15, -0.1) is 54.6 Å². The SMILES string of the molecule is Bc1c(B)c(B)c(-c2c(B)c(B)c(C(c3c(B)c(B)c(-c4c(B)c(B)c(B)c(B)c4B)c(B)c3B)c3c(B)c(B)c(-c4c(B)c(B)c5c(oc6c(-c7c(B)c(B)c(B)c(B)c7B)c7c(oc8c(B)c(B)c(B)c(B)c87)c(B)c65)c4B)c(B)c3B)c(B)c2B)c(B)c1B. The molecule has 2 aromatic heterocycles. The maximum absolute atomic E-state index is 7.84. The molecular formula is C55H71B35O2. The Bertz CT molecular complexity index is 4980. The van der Waals surface area contributed by atoms with Crippen molar-refractivity contribution in [3.05, 3.63) is 16.7 Å². The van der Waals surface area contributed by atoms with Crippen molar-refractivity contribution in [2.24, 2.45) is 0 Å². The van der Waals surface area contributed by atoms with Crippen molar-refractivity contribution in [3.8, 4) is 44.5 Å². The van der Waals surface area contributed by atoms with Gasteiger partial charge < -0.3 is 8.83 Å². The fraction of sp³-hybridized carbons (Fsp3) is 0.0182. The Kier molecular flexibility index (Phi) is 17.5. The second-order valence-electron chi connectivity index (χ2n) is 29.6. The van der Waals surface area contributed by atoms with Crippen molar-refractivity contribution >= 4 is 510 Å². The molecule has 0 aliphatic carbocycles. The van der Waals surface area contributed by atoms with Crippen LogP contribution in [0, 0.1) is 0 Å². The average molecular weight is 1140 g/mol. The summed E-state index contributed by atoms with van der Waals surface area (Å²) in [7, 11) is 82.6. The van der Waals surface area contributed by atoms with Gasteiger partial charge in [0, 0.05) is 33.0 Å². The topological polar surface area (TPSA) is 26.3 Å². The Morgan fingerprint density at radius 1 is 0.130 bits per heavy atom. The van der Waals surface area contributed by atoms with Crippen LogP contribution in [0.1, 0.15) is 22.6 Å². The van der Waals surface area contributed by atoms with E-state index >= 15 is 0 Å². The van der Waals surface area contributed by atoms with E-state index in [1.807, 2.05) is 0 Å². The van der Waals surface area contributed by atoms with E-state index in [9.17, 15) is 0 Å². The van der Waals surface area contributed by atoms with Crippen LogP contribution in [0.4, 0.5) is 0 Å². The largest absolute Gasteiger partial charge is 0.457 e. The summed E-state index contributed by atoms with van der Waals surface area (Å²) in [6.07, 6.45) is 0. The number of fused-ring (bicyclic) bond motifs is 6. The Morgan fingerprint density at radius 2 is 0.304 bits per heavy atom. The predicted molar refractivity (Wildman–Crippen MR) is 523 cm³/mol. The second kappa shape index (κ2) is 23.6. The van der Waals surface area contributed by atoms with Crippen LogP contribution in [0.2, 0.25) is 0 Å². The standard InChI is InChI=1S/C55H71B35O2/c56-17-4(18(57)24(63)8(23(17)62)10-32(71)42(81)48(87)43(82)33(10)72)1(5-19(58)25(64)9(26(65)20(5)59)11-34(73)44(83)49(88)45(84)35(11)74)6-21(60)27(66)12(28(67)22(6)61)13-29(68)36(75)15-16-39(78)53-3(14-37(76)46(85)50(89)51(90)55(14)92-53)2(52(16)91-54(15)38(13)77)7-30(69)40(79)47(86)41(80)31(7)70/h1H,56-90H2. The van der Waals surface area contributed by atoms with Crippen molar-refractivity contribution in [1.82, 2.24) is 0 Å². The minimum Gasteiger partial charge on any atom is -0.457 e. The molecule has 0 aliphatic heterocycles. The third kappa shape index (κ3) is 9.19. The van der Waals surface area contributed by atoms with E-state index in [0.717, 1.165) is 38.7 Å². The van der Waals surface area contributed by atoms with E-state index in [4.69, 9.17) is 8.83 Å². The van der Waals surface area contributed by atoms with Crippen molar-refractivity contribution in [3.63, 3.8) is 0 Å². The lowest BCUT2D eigenvalue weighted by atomic mass is 9.51. The van der Waals surface area contributed by atoms with Crippen LogP contribution in [-0.2, 0) is 0 Å². The van der Waals surface area contributed by atoms with Gasteiger partial charge >= 0.3 is 0 Å². The van der Waals surface area contributed by atoms with Gasteiger partial charge in [-0.05, 0) is 66.6 Å². The molecule has 0 aliphatic rings. The lowest BCUT2D eigenvalue weighted by molar-refractivity contribution is 0.669. The summed E-state index contributed by atoms with van der Waals surface area (Å²) >= 11 is 0. The van der Waals surface area contributed by atoms with Crippen LogP contribution in [0.15, 0.2) is 8.83 Å². The summed E-state index contributed by atoms with van der Waals surface area (Å²) in [5.74, 6) is -0.0507. The van der Waals surface area contributed by atoms with Crippen LogP contribution < -0.4 is 191 Å². The minimum atomic E-state index is -0.0507. The molecule has 11 aromatic rings. The minimum absolute atomic E-state index is 0.0507. The summed E-state index contributed by atoms with van der Waals surface area (Å²) in [6, 6.07) is 0. The van der Waals surface area contributed by atoms with E-state index in [1.54, 1.807) is 0 Å². The van der Waals surface area contributed by atoms with Crippen LogP contribution in [-0.4, -0.2) is 275 Å². The fourth-order valence-electron chi connectivity index (χ4n) is 18.2. The van der Waals surface area contributed by atoms with Gasteiger partial charge in [-0.1, -0.05) is 126 Å². The van der Waals surface area contributed by atoms with Crippen LogP contribution in [0.5, 0.6) is 0 Å². The molecule has 11 rings (SSSR count). The van der Waals surface area contributed by atoms with Gasteiger partial charge in [0.2, 0.25) is 0 Å². The summed E-state index contributed by atoms with van der Waals surface area (Å²) < 4.78 is 15.2. The summed E-state index contributed by atoms with van der Waals surface area (Å²) in [5, 5.41) is 4.73. The highest BCUT2D eigenvalue weighted by molar-refractivity contribution is 6.76. The maximum Gasteiger partial charge on any atom is 0.145 e. The van der Waals surface area contributed by atoms with Gasteiger partial charge in [-0.25, -0.2) is 0 Å². The van der Waals surface area contributed by atoms with Gasteiger partial charge in [0.1, 0.15) is 297 Å². The molecule has 408 valence electrons. The molecule has 2 heterocycles. The zero-order chi connectivity index (χ0) is 68.2. The molecule has 9 aromatic carbocycles. The van der Waals surface area contributed by atoms with E-state index in [2.05, 4.69) is 275 Å². The second-order valence-corrected chi connectivity index (χ2v) is 29.6. The Labute approximate surface area is 581 Å². The Hall–Kier alpha value is -5.15. The number of rotatable bonds is 7. The van der Waals surface area contributed by atoms with Gasteiger partial charge in [0.15, 0.2) is 0 Å². The Balaban J connectivity index is 1.26. The summed E-state index contributed by atoms with van der Waals surface area (Å²) in [5.41, 5.74) is 65.9. The lowest BCUT2D eigenvalue weighted by Crippen LogP contribution is -2.58. The van der Waals surface area contributed by atoms with E-state index in [-0.39, 0.29) is 5.92 Å². The third-order valence-electron chi connectivity index (χ3n) is 26.4. The molecular weight excluding hydrogens is 1070 g/mol. The van der Waals surface area contributed by atoms with Crippen molar-refractivity contribution in [2.45, 2.75) is 5.92 Å². The molecule has 0 unspecified atom stereocenters. The third-order valence-corrected chi connectivity index (χ3v) is 26.4. The van der Waals surface area contributed by atoms with Gasteiger partial charge in [-0.2, -0.15) is 0 Å². The van der Waals surface area contributed by atoms with Crippen LogP contribution in [0.25, 0.3) is 88.4 Å². The van der Waals surface area contributed by atoms with Gasteiger partial charge in [-0.3, -0.25) is 0 Å². The zero-order valence-corrected chi connectivity index (χ0v) is 63.4. The summed E-state index contributed by atoms with van der Waals surface area (Å²) in [6.45, 7) is 0. The van der Waals surface area contributed by atoms with Crippen molar-refractivity contribution in [2.75, 3.05) is 0 Å². The molecule has 0 N–H and O–H groups in total. The number of furan rings is 2. The normalized spacial score (nSPS) is 11.8. The Morgan fingerprint density at radius 3 is 0.620 bits per heavy atom. The first kappa shape index (κ1) is 68.2. The van der Waals surface area contributed by atoms with Gasteiger partial charge in [0.05, 0.1) is 0 Å². The number of hydrogen-bond acceptors (Lipinski definition) is 2. The van der Waals surface area contributed by atoms with Crippen LogP contribution >= 0.6 is 0 Å². The first-order chi connectivity index (χ1) is 42.8. The molecule has 0 saturated carbocycles. The molecule has 0 amide bonds. The number of hydrogen-bond donors (Lipinski definition) is 0. The van der Waals surface area contributed by atoms with Gasteiger partial charge in [0.25, 0.3) is 0 Å². The lowest BCUT2D eigenvalue weighted by Gasteiger charge is -2.37. The molecule has 0 atom stereocenters. The molecule has 37 heteroatoms. The quantitative estimate of drug-likeness (QED) is 0.117. The van der Waals surface area contributed by atoms with E-state index in [1.165, 1.54) is 258 Å². The molecule has 2 nitrogen and oxygen atoms in total. The highest BCUT2D eigenvalue weighted by Gasteiger charge is 2.36. The smallest absolute Gasteiger partial charge is 0.145 e. The average Bonchev–Trinajstić information content (AvgIpc) is 1.43. The molecule has 0 radical (unpaired) electrons. The first-order valence-electron chi connectivity index (χ1n) is 34.2. The molecule has 92 heavy (non-hydrogen) atoms.